The van der Waals surface area contributed by atoms with Crippen molar-refractivity contribution in [2.24, 2.45) is 11.3 Å². The fourth-order valence-electron chi connectivity index (χ4n) is 2.48. The fourth-order valence-corrected chi connectivity index (χ4v) is 2.48. The van der Waals surface area contributed by atoms with Crippen molar-refractivity contribution in [2.75, 3.05) is 19.7 Å². The van der Waals surface area contributed by atoms with E-state index in [9.17, 15) is 5.11 Å². The number of aliphatic hydroxyl groups excluding tert-OH is 2. The molecule has 1 atom stereocenters. The summed E-state index contributed by atoms with van der Waals surface area (Å²) in [4.78, 5) is 0. The Hall–Kier alpha value is -0.120. The van der Waals surface area contributed by atoms with E-state index in [-0.39, 0.29) is 6.61 Å². The Kier molecular flexibility index (Phi) is 5.03. The van der Waals surface area contributed by atoms with Gasteiger partial charge in [0.1, 0.15) is 0 Å². The smallest absolute Gasteiger partial charge is 0.0894 e. The zero-order chi connectivity index (χ0) is 11.3. The van der Waals surface area contributed by atoms with E-state index in [0.29, 0.717) is 12.0 Å². The molecular formula is C12H25NO2. The van der Waals surface area contributed by atoms with Crippen molar-refractivity contribution in [3.8, 4) is 0 Å². The Bertz CT molecular complexity index is 176. The topological polar surface area (TPSA) is 52.5 Å². The van der Waals surface area contributed by atoms with Crippen LogP contribution in [-0.2, 0) is 0 Å². The summed E-state index contributed by atoms with van der Waals surface area (Å²) in [5, 5.41) is 21.1. The first-order valence-electron chi connectivity index (χ1n) is 6.06. The third kappa shape index (κ3) is 4.09. The predicted molar refractivity (Wildman–Crippen MR) is 61.7 cm³/mol. The monoisotopic (exact) mass is 215 g/mol. The Balaban J connectivity index is 2.23. The molecular weight excluding hydrogens is 190 g/mol. The van der Waals surface area contributed by atoms with Crippen LogP contribution < -0.4 is 5.32 Å². The van der Waals surface area contributed by atoms with E-state index in [0.717, 1.165) is 12.5 Å². The maximum absolute atomic E-state index is 9.21. The molecule has 15 heavy (non-hydrogen) atoms. The van der Waals surface area contributed by atoms with Crippen molar-refractivity contribution in [3.05, 3.63) is 0 Å². The molecule has 3 N–H and O–H groups in total. The lowest BCUT2D eigenvalue weighted by Gasteiger charge is -2.32. The molecule has 1 saturated carbocycles. The van der Waals surface area contributed by atoms with Crippen LogP contribution in [-0.4, -0.2) is 36.0 Å². The van der Waals surface area contributed by atoms with Crippen molar-refractivity contribution >= 4 is 0 Å². The molecule has 0 spiro atoms. The van der Waals surface area contributed by atoms with E-state index in [2.05, 4.69) is 19.2 Å². The molecule has 1 aliphatic carbocycles. The second-order valence-corrected chi connectivity index (χ2v) is 5.44. The van der Waals surface area contributed by atoms with Gasteiger partial charge in [-0.05, 0) is 24.2 Å². The molecule has 0 amide bonds. The van der Waals surface area contributed by atoms with E-state index < -0.39 is 6.10 Å². The Morgan fingerprint density at radius 3 is 2.47 bits per heavy atom. The summed E-state index contributed by atoms with van der Waals surface area (Å²) in [6.45, 7) is 5.85. The van der Waals surface area contributed by atoms with Gasteiger partial charge in [-0.2, -0.15) is 0 Å². The van der Waals surface area contributed by atoms with Crippen molar-refractivity contribution in [3.63, 3.8) is 0 Å². The van der Waals surface area contributed by atoms with Gasteiger partial charge in [0.05, 0.1) is 12.7 Å². The van der Waals surface area contributed by atoms with Crippen LogP contribution in [0.1, 0.15) is 39.5 Å². The minimum atomic E-state index is -0.621. The van der Waals surface area contributed by atoms with Gasteiger partial charge >= 0.3 is 0 Å². The number of rotatable bonds is 6. The lowest BCUT2D eigenvalue weighted by molar-refractivity contribution is 0.0892. The van der Waals surface area contributed by atoms with Gasteiger partial charge in [-0.3, -0.25) is 0 Å². The Morgan fingerprint density at radius 1 is 1.33 bits per heavy atom. The van der Waals surface area contributed by atoms with E-state index >= 15 is 0 Å². The molecule has 1 aliphatic rings. The first-order chi connectivity index (χ1) is 7.06. The molecule has 0 aromatic heterocycles. The minimum absolute atomic E-state index is 0.156. The number of hydrogen-bond acceptors (Lipinski definition) is 3. The van der Waals surface area contributed by atoms with Gasteiger partial charge in [-0.15, -0.1) is 0 Å². The van der Waals surface area contributed by atoms with Crippen LogP contribution in [0.5, 0.6) is 0 Å². The lowest BCUT2D eigenvalue weighted by atomic mass is 9.78. The lowest BCUT2D eigenvalue weighted by Crippen LogP contribution is -2.39. The van der Waals surface area contributed by atoms with Gasteiger partial charge in [-0.25, -0.2) is 0 Å². The zero-order valence-electron chi connectivity index (χ0n) is 10.00. The summed E-state index contributed by atoms with van der Waals surface area (Å²) in [6.07, 6.45) is 4.80. The van der Waals surface area contributed by atoms with E-state index in [1.165, 1.54) is 25.7 Å². The number of aliphatic hydroxyl groups is 2. The third-order valence-electron chi connectivity index (χ3n) is 3.63. The van der Waals surface area contributed by atoms with Crippen molar-refractivity contribution in [1.82, 2.24) is 5.32 Å². The van der Waals surface area contributed by atoms with Crippen LogP contribution in [0.25, 0.3) is 0 Å². The molecule has 3 heteroatoms. The third-order valence-corrected chi connectivity index (χ3v) is 3.63. The molecule has 3 nitrogen and oxygen atoms in total. The summed E-state index contributed by atoms with van der Waals surface area (Å²) in [5.41, 5.74) is 0.311. The van der Waals surface area contributed by atoms with Crippen LogP contribution in [0, 0.1) is 11.3 Å². The predicted octanol–water partition coefficient (Wildman–Crippen LogP) is 1.15. The second kappa shape index (κ2) is 5.83. The van der Waals surface area contributed by atoms with Gasteiger partial charge in [0.15, 0.2) is 0 Å². The SMILES string of the molecule is CC(C)(CNCC(O)CO)C1CCCC1. The van der Waals surface area contributed by atoms with Crippen LogP contribution in [0.3, 0.4) is 0 Å². The van der Waals surface area contributed by atoms with Crippen LogP contribution >= 0.6 is 0 Å². The summed E-state index contributed by atoms with van der Waals surface area (Å²) in [5.74, 6) is 0.816. The Morgan fingerprint density at radius 2 is 1.93 bits per heavy atom. The van der Waals surface area contributed by atoms with Gasteiger partial charge in [0.25, 0.3) is 0 Å². The molecule has 0 radical (unpaired) electrons. The standard InChI is InChI=1S/C12H25NO2/c1-12(2,10-5-3-4-6-10)9-13-7-11(15)8-14/h10-11,13-15H,3-9H2,1-2H3. The summed E-state index contributed by atoms with van der Waals surface area (Å²) in [7, 11) is 0. The number of nitrogens with one attached hydrogen (secondary N) is 1. The molecule has 0 heterocycles. The Labute approximate surface area is 92.9 Å². The summed E-state index contributed by atoms with van der Waals surface area (Å²) < 4.78 is 0. The molecule has 0 saturated heterocycles. The molecule has 0 aromatic carbocycles. The summed E-state index contributed by atoms with van der Waals surface area (Å²) in [6, 6.07) is 0. The highest BCUT2D eigenvalue weighted by molar-refractivity contribution is 4.84. The quantitative estimate of drug-likeness (QED) is 0.623. The maximum Gasteiger partial charge on any atom is 0.0894 e. The zero-order valence-corrected chi connectivity index (χ0v) is 10.00. The van der Waals surface area contributed by atoms with Crippen LogP contribution in [0.4, 0.5) is 0 Å². The highest BCUT2D eigenvalue weighted by Gasteiger charge is 2.31. The van der Waals surface area contributed by atoms with Crippen molar-refractivity contribution in [2.45, 2.75) is 45.6 Å². The molecule has 0 aliphatic heterocycles. The molecule has 90 valence electrons. The maximum atomic E-state index is 9.21. The molecule has 1 rings (SSSR count). The van der Waals surface area contributed by atoms with Gasteiger partial charge in [0.2, 0.25) is 0 Å². The highest BCUT2D eigenvalue weighted by atomic mass is 16.3. The van der Waals surface area contributed by atoms with Crippen LogP contribution in [0.15, 0.2) is 0 Å². The molecule has 0 bridgehead atoms. The number of hydrogen-bond donors (Lipinski definition) is 3. The van der Waals surface area contributed by atoms with Gasteiger partial charge in [0, 0.05) is 13.1 Å². The summed E-state index contributed by atoms with van der Waals surface area (Å²) >= 11 is 0. The van der Waals surface area contributed by atoms with E-state index in [4.69, 9.17) is 5.11 Å². The molecule has 1 fully saturated rings. The van der Waals surface area contributed by atoms with E-state index in [1.807, 2.05) is 0 Å². The minimum Gasteiger partial charge on any atom is -0.394 e. The fraction of sp³-hybridized carbons (Fsp3) is 1.00. The largest absolute Gasteiger partial charge is 0.394 e. The van der Waals surface area contributed by atoms with E-state index in [1.54, 1.807) is 0 Å². The molecule has 0 aromatic rings. The normalized spacial score (nSPS) is 20.8. The van der Waals surface area contributed by atoms with Crippen LogP contribution in [0.2, 0.25) is 0 Å². The average Bonchev–Trinajstić information content (AvgIpc) is 2.70. The first-order valence-corrected chi connectivity index (χ1v) is 6.06. The average molecular weight is 215 g/mol. The van der Waals surface area contributed by atoms with Crippen molar-refractivity contribution in [1.29, 1.82) is 0 Å². The van der Waals surface area contributed by atoms with Gasteiger partial charge < -0.3 is 15.5 Å². The first kappa shape index (κ1) is 12.9. The van der Waals surface area contributed by atoms with Gasteiger partial charge in [-0.1, -0.05) is 26.7 Å². The second-order valence-electron chi connectivity index (χ2n) is 5.44. The molecule has 1 unspecified atom stereocenters. The highest BCUT2D eigenvalue weighted by Crippen LogP contribution is 2.38. The van der Waals surface area contributed by atoms with Crippen molar-refractivity contribution < 1.29 is 10.2 Å².